The third kappa shape index (κ3) is 6.35. The highest BCUT2D eigenvalue weighted by Crippen LogP contribution is 2.26. The van der Waals surface area contributed by atoms with Crippen LogP contribution >= 0.6 is 15.9 Å². The van der Waals surface area contributed by atoms with Gasteiger partial charge in [0.2, 0.25) is 0 Å². The van der Waals surface area contributed by atoms with Crippen molar-refractivity contribution in [1.29, 1.82) is 0 Å². The maximum absolute atomic E-state index is 13.0. The van der Waals surface area contributed by atoms with Gasteiger partial charge in [-0.05, 0) is 67.7 Å². The van der Waals surface area contributed by atoms with Gasteiger partial charge in [0.1, 0.15) is 24.1 Å². The maximum Gasteiger partial charge on any atom is 0.410 e. The summed E-state index contributed by atoms with van der Waals surface area (Å²) in [5.74, 6) is 0.358. The smallest absolute Gasteiger partial charge is 0.410 e. The number of esters is 1. The number of amides is 1. The van der Waals surface area contributed by atoms with Gasteiger partial charge in [-0.25, -0.2) is 14.6 Å². The van der Waals surface area contributed by atoms with Crippen molar-refractivity contribution in [3.63, 3.8) is 0 Å². The summed E-state index contributed by atoms with van der Waals surface area (Å²) in [7, 11) is 1.57. The molecule has 0 aliphatic heterocycles. The molecule has 176 valence electrons. The predicted octanol–water partition coefficient (Wildman–Crippen LogP) is 5.48. The molecule has 1 amide bonds. The minimum Gasteiger partial charge on any atom is -0.458 e. The average Bonchev–Trinajstić information content (AvgIpc) is 3.08. The Labute approximate surface area is 202 Å². The molecule has 3 aromatic rings. The molecule has 1 atom stereocenters. The number of imidazole rings is 1. The Morgan fingerprint density at radius 1 is 1.12 bits per heavy atom. The summed E-state index contributed by atoms with van der Waals surface area (Å²) >= 11 is 3.59. The van der Waals surface area contributed by atoms with E-state index in [0.717, 1.165) is 26.9 Å². The number of fused-ring (bicyclic) bond motifs is 1. The largest absolute Gasteiger partial charge is 0.458 e. The number of hydrogen-bond acceptors (Lipinski definition) is 5. The molecule has 2 aromatic carbocycles. The van der Waals surface area contributed by atoms with Crippen molar-refractivity contribution in [1.82, 2.24) is 14.5 Å². The van der Waals surface area contributed by atoms with Crippen LogP contribution in [-0.2, 0) is 27.4 Å². The number of halogens is 1. The first-order valence-corrected chi connectivity index (χ1v) is 11.6. The van der Waals surface area contributed by atoms with Gasteiger partial charge in [-0.1, -0.05) is 36.4 Å². The van der Waals surface area contributed by atoms with Crippen LogP contribution < -0.4 is 0 Å². The number of carbonyl (C=O) groups is 2. The SMILES string of the molecule is Cc1nc2cccc(Br)c2n1CCC(C(=O)OC(C)(C)C)N(C)C(=O)OCc1ccccc1. The molecular weight excluding hydrogens is 486 g/mol. The van der Waals surface area contributed by atoms with E-state index in [1.54, 1.807) is 27.8 Å². The molecular formula is C25H30BrN3O4. The average molecular weight is 516 g/mol. The number of ether oxygens (including phenoxy) is 2. The van der Waals surface area contributed by atoms with Crippen LogP contribution in [0, 0.1) is 6.92 Å². The molecule has 1 aromatic heterocycles. The normalized spacial score (nSPS) is 12.4. The highest BCUT2D eigenvalue weighted by Gasteiger charge is 2.32. The van der Waals surface area contributed by atoms with Crippen LogP contribution in [0.3, 0.4) is 0 Å². The summed E-state index contributed by atoms with van der Waals surface area (Å²) in [5.41, 5.74) is 2.02. The number of rotatable bonds is 7. The first-order valence-electron chi connectivity index (χ1n) is 10.8. The van der Waals surface area contributed by atoms with Gasteiger partial charge in [0.25, 0.3) is 0 Å². The number of benzene rings is 2. The van der Waals surface area contributed by atoms with E-state index in [2.05, 4.69) is 20.9 Å². The van der Waals surface area contributed by atoms with Crippen molar-refractivity contribution in [3.8, 4) is 0 Å². The molecule has 0 radical (unpaired) electrons. The predicted molar refractivity (Wildman–Crippen MR) is 131 cm³/mol. The summed E-state index contributed by atoms with van der Waals surface area (Å²) in [6.07, 6.45) is -0.234. The minimum absolute atomic E-state index is 0.128. The lowest BCUT2D eigenvalue weighted by atomic mass is 10.1. The molecule has 3 rings (SSSR count). The van der Waals surface area contributed by atoms with Gasteiger partial charge < -0.3 is 14.0 Å². The molecule has 0 saturated carbocycles. The van der Waals surface area contributed by atoms with Crippen molar-refractivity contribution < 1.29 is 19.1 Å². The second kappa shape index (κ2) is 10.4. The van der Waals surface area contributed by atoms with Crippen LogP contribution in [0.2, 0.25) is 0 Å². The zero-order chi connectivity index (χ0) is 24.2. The molecule has 0 N–H and O–H groups in total. The Morgan fingerprint density at radius 2 is 1.82 bits per heavy atom. The van der Waals surface area contributed by atoms with Crippen LogP contribution in [0.4, 0.5) is 4.79 Å². The standard InChI is InChI=1S/C25H30BrN3O4/c1-17-27-20-13-9-12-19(26)22(20)29(17)15-14-21(23(30)33-25(2,3)4)28(5)24(31)32-16-18-10-7-6-8-11-18/h6-13,21H,14-16H2,1-5H3. The molecule has 0 bridgehead atoms. The fourth-order valence-electron chi connectivity index (χ4n) is 3.57. The highest BCUT2D eigenvalue weighted by atomic mass is 79.9. The Kier molecular flexibility index (Phi) is 7.79. The van der Waals surface area contributed by atoms with Crippen LogP contribution in [-0.4, -0.2) is 45.2 Å². The fourth-order valence-corrected chi connectivity index (χ4v) is 4.14. The van der Waals surface area contributed by atoms with Crippen LogP contribution in [0.5, 0.6) is 0 Å². The first-order chi connectivity index (χ1) is 15.6. The highest BCUT2D eigenvalue weighted by molar-refractivity contribution is 9.10. The van der Waals surface area contributed by atoms with Crippen molar-refractivity contribution in [2.75, 3.05) is 7.05 Å². The zero-order valence-corrected chi connectivity index (χ0v) is 21.3. The van der Waals surface area contributed by atoms with Gasteiger partial charge in [0.05, 0.1) is 11.0 Å². The van der Waals surface area contributed by atoms with E-state index in [4.69, 9.17) is 9.47 Å². The number of hydrogen-bond donors (Lipinski definition) is 0. The third-order valence-corrected chi connectivity index (χ3v) is 5.81. The van der Waals surface area contributed by atoms with Crippen LogP contribution in [0.1, 0.15) is 38.6 Å². The molecule has 0 fully saturated rings. The molecule has 33 heavy (non-hydrogen) atoms. The van der Waals surface area contributed by atoms with E-state index < -0.39 is 23.7 Å². The number of carbonyl (C=O) groups excluding carboxylic acids is 2. The topological polar surface area (TPSA) is 73.7 Å². The summed E-state index contributed by atoms with van der Waals surface area (Å²) in [6, 6.07) is 14.4. The number of likely N-dealkylation sites (N-methyl/N-ethyl adjacent to an activating group) is 1. The van der Waals surface area contributed by atoms with Gasteiger partial charge in [-0.3, -0.25) is 4.90 Å². The third-order valence-electron chi connectivity index (χ3n) is 5.17. The van der Waals surface area contributed by atoms with E-state index in [9.17, 15) is 9.59 Å². The monoisotopic (exact) mass is 515 g/mol. The molecule has 0 spiro atoms. The quantitative estimate of drug-likeness (QED) is 0.389. The Hall–Kier alpha value is -2.87. The number of aromatic nitrogens is 2. The van der Waals surface area contributed by atoms with Gasteiger partial charge in [-0.2, -0.15) is 0 Å². The lowest BCUT2D eigenvalue weighted by Crippen LogP contribution is -2.46. The van der Waals surface area contributed by atoms with E-state index in [0.29, 0.717) is 13.0 Å². The summed E-state index contributed by atoms with van der Waals surface area (Å²) < 4.78 is 14.0. The molecule has 7 nitrogen and oxygen atoms in total. The second-order valence-corrected chi connectivity index (χ2v) is 9.76. The van der Waals surface area contributed by atoms with Crippen LogP contribution in [0.15, 0.2) is 53.0 Å². The Morgan fingerprint density at radius 3 is 2.48 bits per heavy atom. The van der Waals surface area contributed by atoms with E-state index in [1.165, 1.54) is 4.90 Å². The zero-order valence-electron chi connectivity index (χ0n) is 19.7. The Bertz CT molecular complexity index is 1120. The van der Waals surface area contributed by atoms with Crippen molar-refractivity contribution >= 4 is 39.0 Å². The number of para-hydroxylation sites is 1. The minimum atomic E-state index is -0.813. The van der Waals surface area contributed by atoms with Crippen molar-refractivity contribution in [2.45, 2.75) is 58.9 Å². The van der Waals surface area contributed by atoms with Gasteiger partial charge >= 0.3 is 12.1 Å². The molecule has 0 aliphatic carbocycles. The number of nitrogens with zero attached hydrogens (tertiary/aromatic N) is 3. The number of aryl methyl sites for hydroxylation is 2. The van der Waals surface area contributed by atoms with Gasteiger partial charge in [0, 0.05) is 18.1 Å². The maximum atomic E-state index is 13.0. The summed E-state index contributed by atoms with van der Waals surface area (Å²) in [4.78, 5) is 31.8. The Balaban J connectivity index is 1.79. The summed E-state index contributed by atoms with van der Waals surface area (Å²) in [6.45, 7) is 7.95. The second-order valence-electron chi connectivity index (χ2n) is 8.91. The fraction of sp³-hybridized carbons (Fsp3) is 0.400. The molecule has 8 heteroatoms. The first kappa shape index (κ1) is 24.8. The lowest BCUT2D eigenvalue weighted by Gasteiger charge is -2.29. The van der Waals surface area contributed by atoms with Gasteiger partial charge in [-0.15, -0.1) is 0 Å². The molecule has 0 aliphatic rings. The van der Waals surface area contributed by atoms with Crippen molar-refractivity contribution in [2.24, 2.45) is 0 Å². The van der Waals surface area contributed by atoms with E-state index in [1.807, 2.05) is 60.0 Å². The van der Waals surface area contributed by atoms with Crippen LogP contribution in [0.25, 0.3) is 11.0 Å². The molecule has 1 heterocycles. The summed E-state index contributed by atoms with van der Waals surface area (Å²) in [5, 5.41) is 0. The van der Waals surface area contributed by atoms with Crippen molar-refractivity contribution in [3.05, 3.63) is 64.4 Å². The van der Waals surface area contributed by atoms with Gasteiger partial charge in [0.15, 0.2) is 0 Å². The molecule has 1 unspecified atom stereocenters. The van der Waals surface area contributed by atoms with E-state index >= 15 is 0 Å². The molecule has 0 saturated heterocycles. The van der Waals surface area contributed by atoms with E-state index in [-0.39, 0.29) is 6.61 Å². The lowest BCUT2D eigenvalue weighted by molar-refractivity contribution is -0.160.